The number of benzene rings is 1. The number of halogens is 1. The summed E-state index contributed by atoms with van der Waals surface area (Å²) in [6, 6.07) is 5.49. The number of ether oxygens (including phenoxy) is 2. The number of hydrogen-bond acceptors (Lipinski definition) is 4. The molecule has 0 radical (unpaired) electrons. The van der Waals surface area contributed by atoms with Crippen molar-refractivity contribution < 1.29 is 14.3 Å². The molecule has 1 saturated heterocycles. The first kappa shape index (κ1) is 15.1. The summed E-state index contributed by atoms with van der Waals surface area (Å²) in [5.74, 6) is -0.386. The third-order valence-corrected chi connectivity index (χ3v) is 3.68. The Morgan fingerprint density at radius 2 is 2.00 bits per heavy atom. The fourth-order valence-corrected chi connectivity index (χ4v) is 2.84. The Kier molecular flexibility index (Phi) is 4.89. The summed E-state index contributed by atoms with van der Waals surface area (Å²) < 4.78 is 10.5. The molecule has 0 aromatic heterocycles. The summed E-state index contributed by atoms with van der Waals surface area (Å²) in [6.07, 6.45) is 2.25. The third-order valence-electron chi connectivity index (χ3n) is 3.44. The van der Waals surface area contributed by atoms with E-state index in [1.807, 2.05) is 6.07 Å². The maximum atomic E-state index is 11.8. The number of carbonyl (C=O) groups excluding carboxylic acids is 1. The third kappa shape index (κ3) is 3.64. The molecule has 2 rings (SSSR count). The Morgan fingerprint density at radius 3 is 2.60 bits per heavy atom. The summed E-state index contributed by atoms with van der Waals surface area (Å²) in [7, 11) is 1.37. The normalized spacial score (nSPS) is 26.1. The first-order chi connectivity index (χ1) is 9.49. The molecule has 0 amide bonds. The highest BCUT2D eigenvalue weighted by Crippen LogP contribution is 2.26. The van der Waals surface area contributed by atoms with Gasteiger partial charge in [0.25, 0.3) is 0 Å². The van der Waals surface area contributed by atoms with Gasteiger partial charge in [-0.25, -0.2) is 4.79 Å². The van der Waals surface area contributed by atoms with Crippen molar-refractivity contribution in [3.63, 3.8) is 0 Å². The molecule has 0 aliphatic carbocycles. The van der Waals surface area contributed by atoms with Gasteiger partial charge in [-0.05, 0) is 44.9 Å². The fraction of sp³-hybridized carbons (Fsp3) is 0.533. The number of hydrogen-bond donors (Lipinski definition) is 1. The lowest BCUT2D eigenvalue weighted by molar-refractivity contribution is -0.0337. The smallest absolute Gasteiger partial charge is 0.340 e. The predicted molar refractivity (Wildman–Crippen MR) is 79.4 cm³/mol. The average Bonchev–Trinajstić information content (AvgIpc) is 2.38. The molecule has 5 heteroatoms. The molecular formula is C15H20ClNO3. The number of nitrogens with one attached hydrogen (secondary N) is 1. The number of carbonyl (C=O) groups is 1. The Labute approximate surface area is 124 Å². The predicted octanol–water partition coefficient (Wildman–Crippen LogP) is 3.49. The Morgan fingerprint density at radius 1 is 1.35 bits per heavy atom. The van der Waals surface area contributed by atoms with Crippen LogP contribution in [0.3, 0.4) is 0 Å². The van der Waals surface area contributed by atoms with Gasteiger partial charge in [0.1, 0.15) is 0 Å². The van der Waals surface area contributed by atoms with Crippen LogP contribution in [0.25, 0.3) is 0 Å². The van der Waals surface area contributed by atoms with Gasteiger partial charge >= 0.3 is 5.97 Å². The highest BCUT2D eigenvalue weighted by molar-refractivity contribution is 6.31. The molecule has 0 saturated carbocycles. The molecular weight excluding hydrogens is 278 g/mol. The van der Waals surface area contributed by atoms with Crippen LogP contribution < -0.4 is 5.32 Å². The van der Waals surface area contributed by atoms with Crippen LogP contribution in [-0.4, -0.2) is 31.3 Å². The van der Waals surface area contributed by atoms with Crippen molar-refractivity contribution in [2.24, 2.45) is 0 Å². The lowest BCUT2D eigenvalue weighted by atomic mass is 9.99. The zero-order valence-electron chi connectivity index (χ0n) is 12.0. The standard InChI is InChI=1S/C15H20ClNO3/c1-9-6-12(7-10(2)20-9)17-14-5-4-11(16)8-13(14)15(18)19-3/h4-5,8-10,12,17H,6-7H2,1-3H3. The van der Waals surface area contributed by atoms with Crippen molar-refractivity contribution in [2.75, 3.05) is 12.4 Å². The zero-order chi connectivity index (χ0) is 14.7. The van der Waals surface area contributed by atoms with Crippen molar-refractivity contribution in [1.29, 1.82) is 0 Å². The SMILES string of the molecule is COC(=O)c1cc(Cl)ccc1NC1CC(C)OC(C)C1. The molecule has 1 aromatic carbocycles. The van der Waals surface area contributed by atoms with Crippen LogP contribution in [0.4, 0.5) is 5.69 Å². The summed E-state index contributed by atoms with van der Waals surface area (Å²) in [4.78, 5) is 11.8. The van der Waals surface area contributed by atoms with E-state index in [4.69, 9.17) is 21.1 Å². The van der Waals surface area contributed by atoms with Crippen molar-refractivity contribution in [3.05, 3.63) is 28.8 Å². The van der Waals surface area contributed by atoms with Crippen molar-refractivity contribution in [3.8, 4) is 0 Å². The molecule has 2 unspecified atom stereocenters. The zero-order valence-corrected chi connectivity index (χ0v) is 12.7. The molecule has 1 aromatic rings. The summed E-state index contributed by atoms with van der Waals surface area (Å²) in [6.45, 7) is 4.13. The van der Waals surface area contributed by atoms with Gasteiger partial charge in [0.15, 0.2) is 0 Å². The van der Waals surface area contributed by atoms with E-state index in [0.717, 1.165) is 18.5 Å². The Balaban J connectivity index is 2.18. The minimum Gasteiger partial charge on any atom is -0.465 e. The van der Waals surface area contributed by atoms with E-state index in [2.05, 4.69) is 19.2 Å². The second-order valence-corrected chi connectivity index (χ2v) is 5.69. The number of anilines is 1. The molecule has 4 nitrogen and oxygen atoms in total. The van der Waals surface area contributed by atoms with E-state index < -0.39 is 0 Å². The fourth-order valence-electron chi connectivity index (χ4n) is 2.66. The van der Waals surface area contributed by atoms with E-state index in [1.165, 1.54) is 7.11 Å². The second-order valence-electron chi connectivity index (χ2n) is 5.25. The quantitative estimate of drug-likeness (QED) is 0.868. The first-order valence-corrected chi connectivity index (χ1v) is 7.17. The van der Waals surface area contributed by atoms with E-state index in [-0.39, 0.29) is 24.2 Å². The maximum absolute atomic E-state index is 11.8. The van der Waals surface area contributed by atoms with Crippen molar-refractivity contribution in [1.82, 2.24) is 0 Å². The number of esters is 1. The van der Waals surface area contributed by atoms with Gasteiger partial charge in [-0.15, -0.1) is 0 Å². The minimum atomic E-state index is -0.386. The molecule has 1 aliphatic rings. The Hall–Kier alpha value is -1.26. The van der Waals surface area contributed by atoms with E-state index in [0.29, 0.717) is 10.6 Å². The molecule has 0 bridgehead atoms. The lowest BCUT2D eigenvalue weighted by Gasteiger charge is -2.33. The van der Waals surface area contributed by atoms with Crippen LogP contribution in [0, 0.1) is 0 Å². The van der Waals surface area contributed by atoms with E-state index >= 15 is 0 Å². The van der Waals surface area contributed by atoms with E-state index in [9.17, 15) is 4.79 Å². The molecule has 0 spiro atoms. The van der Waals surface area contributed by atoms with Gasteiger partial charge in [-0.2, -0.15) is 0 Å². The molecule has 20 heavy (non-hydrogen) atoms. The van der Waals surface area contributed by atoms with Gasteiger partial charge in [-0.3, -0.25) is 0 Å². The second kappa shape index (κ2) is 6.46. The topological polar surface area (TPSA) is 47.6 Å². The largest absolute Gasteiger partial charge is 0.465 e. The van der Waals surface area contributed by atoms with Crippen LogP contribution in [-0.2, 0) is 9.47 Å². The van der Waals surface area contributed by atoms with E-state index in [1.54, 1.807) is 12.1 Å². The molecule has 1 aliphatic heterocycles. The molecule has 110 valence electrons. The lowest BCUT2D eigenvalue weighted by Crippen LogP contribution is -2.37. The minimum absolute atomic E-state index is 0.213. The number of rotatable bonds is 3. The average molecular weight is 298 g/mol. The molecule has 1 N–H and O–H groups in total. The van der Waals surface area contributed by atoms with Crippen LogP contribution in [0.5, 0.6) is 0 Å². The van der Waals surface area contributed by atoms with Gasteiger partial charge < -0.3 is 14.8 Å². The van der Waals surface area contributed by atoms with Crippen molar-refractivity contribution >= 4 is 23.3 Å². The van der Waals surface area contributed by atoms with Gasteiger partial charge in [0.2, 0.25) is 0 Å². The van der Waals surface area contributed by atoms with Crippen LogP contribution in [0.2, 0.25) is 5.02 Å². The maximum Gasteiger partial charge on any atom is 0.340 e. The van der Waals surface area contributed by atoms with Crippen LogP contribution in [0.15, 0.2) is 18.2 Å². The summed E-state index contributed by atoms with van der Waals surface area (Å²) in [5, 5.41) is 3.93. The summed E-state index contributed by atoms with van der Waals surface area (Å²) in [5.41, 5.74) is 1.22. The highest BCUT2D eigenvalue weighted by Gasteiger charge is 2.25. The monoisotopic (exact) mass is 297 g/mol. The van der Waals surface area contributed by atoms with Crippen molar-refractivity contribution in [2.45, 2.75) is 44.9 Å². The Bertz CT molecular complexity index is 482. The summed E-state index contributed by atoms with van der Waals surface area (Å²) >= 11 is 5.95. The molecule has 1 fully saturated rings. The molecule has 1 heterocycles. The first-order valence-electron chi connectivity index (χ1n) is 6.79. The number of methoxy groups -OCH3 is 1. The van der Waals surface area contributed by atoms with Crippen LogP contribution >= 0.6 is 11.6 Å². The molecule has 2 atom stereocenters. The van der Waals surface area contributed by atoms with Gasteiger partial charge in [0.05, 0.1) is 24.9 Å². The van der Waals surface area contributed by atoms with Gasteiger partial charge in [-0.1, -0.05) is 11.6 Å². The van der Waals surface area contributed by atoms with Gasteiger partial charge in [0, 0.05) is 16.8 Å². The highest BCUT2D eigenvalue weighted by atomic mass is 35.5. The van der Waals surface area contributed by atoms with Crippen LogP contribution in [0.1, 0.15) is 37.0 Å².